The lowest BCUT2D eigenvalue weighted by atomic mass is 10.1. The maximum atomic E-state index is 11.3. The number of hydrogen-bond donors (Lipinski definition) is 0. The highest BCUT2D eigenvalue weighted by atomic mass is 16.6. The number of non-ortho nitro benzene ring substituents is 1. The summed E-state index contributed by atoms with van der Waals surface area (Å²) >= 11 is 0. The highest BCUT2D eigenvalue weighted by Crippen LogP contribution is 2.28. The number of anilines is 1. The van der Waals surface area contributed by atoms with E-state index in [4.69, 9.17) is 0 Å². The molecule has 20 heavy (non-hydrogen) atoms. The van der Waals surface area contributed by atoms with Gasteiger partial charge in [-0.05, 0) is 6.07 Å². The predicted molar refractivity (Wildman–Crippen MR) is 72.6 cm³/mol. The number of rotatable bonds is 2. The summed E-state index contributed by atoms with van der Waals surface area (Å²) in [4.78, 5) is 32.1. The first-order chi connectivity index (χ1) is 9.65. The summed E-state index contributed by atoms with van der Waals surface area (Å²) < 4.78 is 0. The van der Waals surface area contributed by atoms with Gasteiger partial charge in [0.15, 0.2) is 0 Å². The second-order valence-corrected chi connectivity index (χ2v) is 4.68. The van der Waals surface area contributed by atoms with Gasteiger partial charge in [0.1, 0.15) is 17.9 Å². The predicted octanol–water partition coefficient (Wildman–Crippen LogP) is 1.71. The molecule has 1 saturated heterocycles. The third-order valence-corrected chi connectivity index (χ3v) is 3.43. The van der Waals surface area contributed by atoms with Gasteiger partial charge in [-0.2, -0.15) is 0 Å². The van der Waals surface area contributed by atoms with Crippen LogP contribution in [0.15, 0.2) is 24.5 Å². The van der Waals surface area contributed by atoms with Crippen LogP contribution in [0.4, 0.5) is 11.5 Å². The van der Waals surface area contributed by atoms with Crippen molar-refractivity contribution in [1.82, 2.24) is 9.97 Å². The molecule has 0 bridgehead atoms. The van der Waals surface area contributed by atoms with Crippen molar-refractivity contribution in [1.29, 1.82) is 0 Å². The number of Topliss-reactive ketones (excluding diaryl/α,β-unsaturated/α-hetero) is 1. The Kier molecular flexibility index (Phi) is 3.02. The molecule has 102 valence electrons. The Morgan fingerprint density at radius 2 is 1.95 bits per heavy atom. The van der Waals surface area contributed by atoms with Crippen molar-refractivity contribution in [3.05, 3.63) is 34.6 Å². The van der Waals surface area contributed by atoms with Crippen molar-refractivity contribution in [3.63, 3.8) is 0 Å². The fourth-order valence-electron chi connectivity index (χ4n) is 2.36. The fourth-order valence-corrected chi connectivity index (χ4v) is 2.36. The molecule has 0 saturated carbocycles. The van der Waals surface area contributed by atoms with E-state index < -0.39 is 4.92 Å². The number of nitro benzene ring substituents is 1. The van der Waals surface area contributed by atoms with E-state index in [-0.39, 0.29) is 11.5 Å². The second kappa shape index (κ2) is 4.84. The van der Waals surface area contributed by atoms with Crippen molar-refractivity contribution in [2.45, 2.75) is 12.8 Å². The van der Waals surface area contributed by atoms with E-state index in [1.807, 2.05) is 4.90 Å². The monoisotopic (exact) mass is 272 g/mol. The summed E-state index contributed by atoms with van der Waals surface area (Å²) in [5.74, 6) is 0.900. The van der Waals surface area contributed by atoms with Crippen LogP contribution in [-0.2, 0) is 4.79 Å². The van der Waals surface area contributed by atoms with Crippen LogP contribution in [0.25, 0.3) is 10.9 Å². The highest BCUT2D eigenvalue weighted by molar-refractivity contribution is 5.92. The number of fused-ring (bicyclic) bond motifs is 1. The maximum Gasteiger partial charge on any atom is 0.270 e. The van der Waals surface area contributed by atoms with Gasteiger partial charge in [-0.1, -0.05) is 0 Å². The zero-order valence-corrected chi connectivity index (χ0v) is 10.7. The van der Waals surface area contributed by atoms with Gasteiger partial charge in [-0.15, -0.1) is 0 Å². The molecule has 7 nitrogen and oxygen atoms in total. The molecule has 3 rings (SSSR count). The number of nitro groups is 1. The summed E-state index contributed by atoms with van der Waals surface area (Å²) in [7, 11) is 0. The molecular formula is C13H12N4O3. The second-order valence-electron chi connectivity index (χ2n) is 4.68. The molecule has 0 spiro atoms. The highest BCUT2D eigenvalue weighted by Gasteiger charge is 2.20. The fraction of sp³-hybridized carbons (Fsp3) is 0.308. The van der Waals surface area contributed by atoms with Crippen LogP contribution >= 0.6 is 0 Å². The third-order valence-electron chi connectivity index (χ3n) is 3.43. The molecule has 2 aromatic rings. The minimum absolute atomic E-state index is 0.0154. The summed E-state index contributed by atoms with van der Waals surface area (Å²) in [6, 6.07) is 4.54. The molecule has 0 unspecified atom stereocenters. The quantitative estimate of drug-likeness (QED) is 0.610. The molecule has 0 N–H and O–H groups in total. The van der Waals surface area contributed by atoms with Gasteiger partial charge in [0.25, 0.3) is 5.69 Å². The third kappa shape index (κ3) is 2.18. The van der Waals surface area contributed by atoms with Gasteiger partial charge < -0.3 is 4.90 Å². The van der Waals surface area contributed by atoms with Gasteiger partial charge in [-0.25, -0.2) is 9.97 Å². The van der Waals surface area contributed by atoms with Gasteiger partial charge in [0, 0.05) is 43.5 Å². The molecule has 0 atom stereocenters. The average molecular weight is 272 g/mol. The molecule has 2 heterocycles. The molecular weight excluding hydrogens is 260 g/mol. The van der Waals surface area contributed by atoms with E-state index in [1.165, 1.54) is 18.5 Å². The smallest absolute Gasteiger partial charge is 0.270 e. The number of carbonyl (C=O) groups is 1. The van der Waals surface area contributed by atoms with E-state index in [1.54, 1.807) is 6.07 Å². The first kappa shape index (κ1) is 12.5. The van der Waals surface area contributed by atoms with Gasteiger partial charge in [0.2, 0.25) is 0 Å². The summed E-state index contributed by atoms with van der Waals surface area (Å²) in [5, 5.41) is 11.5. The maximum absolute atomic E-state index is 11.3. The van der Waals surface area contributed by atoms with Gasteiger partial charge in [0.05, 0.1) is 10.4 Å². The molecule has 0 amide bonds. The minimum atomic E-state index is -0.435. The molecule has 0 aliphatic carbocycles. The lowest BCUT2D eigenvalue weighted by molar-refractivity contribution is -0.384. The van der Waals surface area contributed by atoms with Crippen LogP contribution < -0.4 is 4.90 Å². The van der Waals surface area contributed by atoms with Crippen molar-refractivity contribution >= 4 is 28.2 Å². The minimum Gasteiger partial charge on any atom is -0.355 e. The topological polar surface area (TPSA) is 89.2 Å². The zero-order valence-electron chi connectivity index (χ0n) is 10.7. The van der Waals surface area contributed by atoms with E-state index in [0.717, 1.165) is 0 Å². The first-order valence-electron chi connectivity index (χ1n) is 6.31. The molecule has 1 aliphatic rings. The Bertz CT molecular complexity index is 691. The molecule has 1 aromatic heterocycles. The van der Waals surface area contributed by atoms with Crippen molar-refractivity contribution in [2.75, 3.05) is 18.0 Å². The Balaban J connectivity index is 2.07. The van der Waals surface area contributed by atoms with Gasteiger partial charge >= 0.3 is 0 Å². The van der Waals surface area contributed by atoms with Crippen LogP contribution in [0.5, 0.6) is 0 Å². The van der Waals surface area contributed by atoms with Crippen molar-refractivity contribution in [3.8, 4) is 0 Å². The number of piperidine rings is 1. The van der Waals surface area contributed by atoms with Crippen LogP contribution in [0, 0.1) is 10.1 Å². The Morgan fingerprint density at radius 3 is 2.65 bits per heavy atom. The lowest BCUT2D eigenvalue weighted by Crippen LogP contribution is -2.34. The number of nitrogens with zero attached hydrogens (tertiary/aromatic N) is 4. The standard InChI is InChI=1S/C13H12N4O3/c18-10-3-5-16(6-4-10)13-11-7-9(17(19)20)1-2-12(11)14-8-15-13/h1-2,7-8H,3-6H2. The van der Waals surface area contributed by atoms with Crippen LogP contribution in [-0.4, -0.2) is 33.8 Å². The Hall–Kier alpha value is -2.57. The molecule has 0 radical (unpaired) electrons. The average Bonchev–Trinajstić information content (AvgIpc) is 2.47. The SMILES string of the molecule is O=C1CCN(c2ncnc3ccc([N+](=O)[O-])cc23)CC1. The summed E-state index contributed by atoms with van der Waals surface area (Å²) in [6.07, 6.45) is 2.42. The van der Waals surface area contributed by atoms with Crippen LogP contribution in [0.3, 0.4) is 0 Å². The first-order valence-corrected chi connectivity index (χ1v) is 6.31. The van der Waals surface area contributed by atoms with Crippen molar-refractivity contribution < 1.29 is 9.72 Å². The lowest BCUT2D eigenvalue weighted by Gasteiger charge is -2.27. The zero-order chi connectivity index (χ0) is 14.1. The van der Waals surface area contributed by atoms with Gasteiger partial charge in [-0.3, -0.25) is 14.9 Å². The Labute approximate surface area is 114 Å². The van der Waals surface area contributed by atoms with E-state index in [2.05, 4.69) is 9.97 Å². The summed E-state index contributed by atoms with van der Waals surface area (Å²) in [5.41, 5.74) is 0.680. The Morgan fingerprint density at radius 1 is 1.20 bits per heavy atom. The molecule has 1 aromatic carbocycles. The van der Waals surface area contributed by atoms with Crippen molar-refractivity contribution in [2.24, 2.45) is 0 Å². The number of carbonyl (C=O) groups excluding carboxylic acids is 1. The largest absolute Gasteiger partial charge is 0.355 e. The molecule has 7 heteroatoms. The van der Waals surface area contributed by atoms with E-state index in [9.17, 15) is 14.9 Å². The summed E-state index contributed by atoms with van der Waals surface area (Å²) in [6.45, 7) is 1.18. The molecule has 1 aliphatic heterocycles. The van der Waals surface area contributed by atoms with E-state index in [0.29, 0.717) is 42.7 Å². The van der Waals surface area contributed by atoms with Crippen LogP contribution in [0.2, 0.25) is 0 Å². The molecule has 1 fully saturated rings. The number of ketones is 1. The van der Waals surface area contributed by atoms with Crippen LogP contribution in [0.1, 0.15) is 12.8 Å². The van der Waals surface area contributed by atoms with E-state index >= 15 is 0 Å². The number of aromatic nitrogens is 2. The number of hydrogen-bond acceptors (Lipinski definition) is 6. The normalized spacial score (nSPS) is 15.6. The number of benzene rings is 1.